The van der Waals surface area contributed by atoms with E-state index >= 15 is 0 Å². The van der Waals surface area contributed by atoms with Gasteiger partial charge in [-0.15, -0.1) is 0 Å². The van der Waals surface area contributed by atoms with Gasteiger partial charge < -0.3 is 33.2 Å². The average molecular weight is 757 g/mol. The van der Waals surface area contributed by atoms with Crippen molar-refractivity contribution in [1.29, 1.82) is 0 Å². The number of esters is 5. The molecule has 0 aliphatic rings. The average Bonchev–Trinajstić information content (AvgIpc) is 3.15. The van der Waals surface area contributed by atoms with E-state index in [1.54, 1.807) is 56.3 Å². The Labute approximate surface area is 320 Å². The van der Waals surface area contributed by atoms with Crippen LogP contribution in [0, 0.1) is 0 Å². The van der Waals surface area contributed by atoms with E-state index in [9.17, 15) is 24.0 Å². The maximum absolute atomic E-state index is 12.9. The van der Waals surface area contributed by atoms with Crippen LogP contribution in [0.15, 0.2) is 105 Å². The van der Waals surface area contributed by atoms with E-state index in [1.807, 2.05) is 13.8 Å². The lowest BCUT2D eigenvalue weighted by atomic mass is 9.92. The molecule has 0 amide bonds. The summed E-state index contributed by atoms with van der Waals surface area (Å²) in [5, 5.41) is 5.83. The Morgan fingerprint density at radius 3 is 1.91 bits per heavy atom. The van der Waals surface area contributed by atoms with Gasteiger partial charge in [0, 0.05) is 31.1 Å². The molecule has 2 N–H and O–H groups in total. The summed E-state index contributed by atoms with van der Waals surface area (Å²) in [6.07, 6.45) is 4.23. The molecule has 0 saturated heterocycles. The van der Waals surface area contributed by atoms with Crippen LogP contribution in [0.25, 0.3) is 0 Å². The van der Waals surface area contributed by atoms with Crippen molar-refractivity contribution in [2.24, 2.45) is 0 Å². The number of hydrogen-bond acceptors (Lipinski definition) is 12. The van der Waals surface area contributed by atoms with Gasteiger partial charge in [-0.2, -0.15) is 0 Å². The van der Waals surface area contributed by atoms with Crippen LogP contribution in [-0.2, 0) is 39.8 Å². The normalized spacial score (nSPS) is 11.5. The van der Waals surface area contributed by atoms with Gasteiger partial charge in [-0.25, -0.2) is 24.0 Å². The predicted octanol–water partition coefficient (Wildman–Crippen LogP) is 4.74. The summed E-state index contributed by atoms with van der Waals surface area (Å²) in [5.74, 6) is -1.97. The highest BCUT2D eigenvalue weighted by Crippen LogP contribution is 2.29. The molecule has 1 unspecified atom stereocenters. The lowest BCUT2D eigenvalue weighted by molar-refractivity contribution is -0.154. The van der Waals surface area contributed by atoms with E-state index in [0.717, 1.165) is 23.8 Å². The topological polar surface area (TPSA) is 176 Å². The Morgan fingerprint density at radius 2 is 1.31 bits per heavy atom. The molecule has 3 rings (SSSR count). The molecule has 0 aliphatic heterocycles. The smallest absolute Gasteiger partial charge is 0.343 e. The maximum atomic E-state index is 12.9. The van der Waals surface area contributed by atoms with Gasteiger partial charge in [0.25, 0.3) is 0 Å². The summed E-state index contributed by atoms with van der Waals surface area (Å²) in [7, 11) is 0. The van der Waals surface area contributed by atoms with Crippen molar-refractivity contribution in [3.63, 3.8) is 0 Å². The first-order valence-corrected chi connectivity index (χ1v) is 17.1. The maximum Gasteiger partial charge on any atom is 0.343 e. The van der Waals surface area contributed by atoms with Crippen LogP contribution >= 0.6 is 0 Å². The van der Waals surface area contributed by atoms with Crippen LogP contribution in [-0.4, -0.2) is 73.2 Å². The monoisotopic (exact) mass is 756 g/mol. The van der Waals surface area contributed by atoms with Gasteiger partial charge in [0.05, 0.1) is 23.3 Å². The largest absolute Gasteiger partial charge is 0.490 e. The first-order chi connectivity index (χ1) is 26.1. The van der Waals surface area contributed by atoms with Gasteiger partial charge in [-0.05, 0) is 93.9 Å². The minimum Gasteiger partial charge on any atom is -0.490 e. The highest BCUT2D eigenvalue weighted by atomic mass is 16.6. The molecule has 0 aromatic heterocycles. The second-order valence-electron chi connectivity index (χ2n) is 13.2. The lowest BCUT2D eigenvalue weighted by Crippen LogP contribution is -2.40. The number of nitrogens with two attached hydrogens (primary N) is 1. The molecule has 13 heteroatoms. The summed E-state index contributed by atoms with van der Waals surface area (Å²) >= 11 is 0. The van der Waals surface area contributed by atoms with Crippen LogP contribution < -0.4 is 19.6 Å². The van der Waals surface area contributed by atoms with Crippen molar-refractivity contribution in [1.82, 2.24) is 0 Å². The summed E-state index contributed by atoms with van der Waals surface area (Å²) < 4.78 is 38.3. The van der Waals surface area contributed by atoms with E-state index in [-0.39, 0.29) is 31.1 Å². The molecule has 290 valence electrons. The van der Waals surface area contributed by atoms with Crippen LogP contribution in [0.5, 0.6) is 17.2 Å². The molecule has 1 atom stereocenters. The van der Waals surface area contributed by atoms with E-state index in [4.69, 9.17) is 38.6 Å². The van der Waals surface area contributed by atoms with Crippen LogP contribution in [0.3, 0.4) is 0 Å². The molecule has 0 spiro atoms. The lowest BCUT2D eigenvalue weighted by Gasteiger charge is -2.34. The third kappa shape index (κ3) is 14.4. The third-order valence-corrected chi connectivity index (χ3v) is 7.51. The molecule has 0 fully saturated rings. The van der Waals surface area contributed by atoms with E-state index in [0.29, 0.717) is 35.5 Å². The predicted molar refractivity (Wildman–Crippen MR) is 202 cm³/mol. The van der Waals surface area contributed by atoms with Crippen molar-refractivity contribution >= 4 is 36.1 Å². The standard InChI is InChI=1S/C42H45NO12/c1-8-36(44)51-26-34(52-37(45)9-2)25-50-32-16-12-30(13-17-32)40(48)53-35-20-11-28(23-31(35)24-43)21-22-49-39(47)29-14-18-33(19-15-29)54-41(4,5)27-42(6,7)55-38(46)10-3/h8-20,23-24,34,43H,1-3,21-22,25-27H2,4-7H3/p+1. The van der Waals surface area contributed by atoms with Crippen molar-refractivity contribution < 1.29 is 62.5 Å². The molecule has 3 aromatic carbocycles. The molecular formula is C42H46NO12+. The van der Waals surface area contributed by atoms with Gasteiger partial charge >= 0.3 is 29.8 Å². The van der Waals surface area contributed by atoms with Crippen molar-refractivity contribution in [3.8, 4) is 17.2 Å². The van der Waals surface area contributed by atoms with Crippen molar-refractivity contribution in [2.75, 3.05) is 19.8 Å². The minimum absolute atomic E-state index is 0.0810. The van der Waals surface area contributed by atoms with Gasteiger partial charge in [0.2, 0.25) is 0 Å². The Hall–Kier alpha value is -6.50. The van der Waals surface area contributed by atoms with Gasteiger partial charge in [0.1, 0.15) is 41.7 Å². The quantitative estimate of drug-likeness (QED) is 0.0520. The first kappa shape index (κ1) is 42.9. The molecule has 0 aliphatic carbocycles. The van der Waals surface area contributed by atoms with Crippen molar-refractivity contribution in [2.45, 2.75) is 57.8 Å². The number of hydrogen-bond donors (Lipinski definition) is 1. The van der Waals surface area contributed by atoms with Crippen LogP contribution in [0.2, 0.25) is 0 Å². The zero-order valence-corrected chi connectivity index (χ0v) is 31.4. The molecule has 3 aromatic rings. The summed E-state index contributed by atoms with van der Waals surface area (Å²) in [5.41, 5.74) is 0.328. The number of ether oxygens (including phenoxy) is 7. The Kier molecular flexibility index (Phi) is 15.7. The van der Waals surface area contributed by atoms with E-state index in [1.165, 1.54) is 30.5 Å². The Bertz CT molecular complexity index is 1880. The Morgan fingerprint density at radius 1 is 0.709 bits per heavy atom. The van der Waals surface area contributed by atoms with Crippen molar-refractivity contribution in [3.05, 3.63) is 127 Å². The molecule has 0 radical (unpaired) electrons. The SMILES string of the molecule is C=CC(=O)OCC(COc1ccc(C(=O)Oc2ccc(CCOC(=O)c3ccc(OC(C)(C)CC(C)(C)OC(=O)C=C)cc3)cc2C=[NH2+])cc1)OC(=O)C=C. The molecule has 0 bridgehead atoms. The van der Waals surface area contributed by atoms with Gasteiger partial charge in [-0.3, -0.25) is 5.41 Å². The fourth-order valence-corrected chi connectivity index (χ4v) is 5.31. The first-order valence-electron chi connectivity index (χ1n) is 17.1. The van der Waals surface area contributed by atoms with Gasteiger partial charge in [-0.1, -0.05) is 25.8 Å². The summed E-state index contributed by atoms with van der Waals surface area (Å²) in [6, 6.07) is 17.6. The third-order valence-electron chi connectivity index (χ3n) is 7.51. The van der Waals surface area contributed by atoms with Crippen LogP contribution in [0.4, 0.5) is 0 Å². The second-order valence-corrected chi connectivity index (χ2v) is 13.2. The zero-order valence-electron chi connectivity index (χ0n) is 31.4. The zero-order chi connectivity index (χ0) is 40.6. The fourth-order valence-electron chi connectivity index (χ4n) is 5.31. The second kappa shape index (κ2) is 20.1. The highest BCUT2D eigenvalue weighted by molar-refractivity contribution is 5.93. The van der Waals surface area contributed by atoms with E-state index in [2.05, 4.69) is 19.7 Å². The Balaban J connectivity index is 1.51. The number of carbonyl (C=O) groups excluding carboxylic acids is 5. The fraction of sp³-hybridized carbons (Fsp3) is 0.286. The summed E-state index contributed by atoms with van der Waals surface area (Å²) in [4.78, 5) is 60.4. The number of carbonyl (C=O) groups is 5. The summed E-state index contributed by atoms with van der Waals surface area (Å²) in [6.45, 7) is 17.1. The van der Waals surface area contributed by atoms with Crippen LogP contribution in [0.1, 0.15) is 66.0 Å². The highest BCUT2D eigenvalue weighted by Gasteiger charge is 2.33. The van der Waals surface area contributed by atoms with E-state index < -0.39 is 47.2 Å². The molecular weight excluding hydrogens is 710 g/mol. The molecule has 55 heavy (non-hydrogen) atoms. The minimum atomic E-state index is -0.916. The molecule has 13 nitrogen and oxygen atoms in total. The molecule has 0 saturated carbocycles. The molecule has 0 heterocycles. The number of rotatable bonds is 21. The number of benzene rings is 3. The van der Waals surface area contributed by atoms with Gasteiger partial charge in [0.15, 0.2) is 12.3 Å².